The van der Waals surface area contributed by atoms with E-state index in [2.05, 4.69) is 0 Å². The summed E-state index contributed by atoms with van der Waals surface area (Å²) in [6, 6.07) is 14.9. The van der Waals surface area contributed by atoms with Crippen LogP contribution in [0.2, 0.25) is 0 Å². The molecule has 0 N–H and O–H groups in total. The fraction of sp³-hybridized carbons (Fsp3) is 0.304. The summed E-state index contributed by atoms with van der Waals surface area (Å²) in [6.07, 6.45) is 2.06. The molecular formula is C23H25N3O4. The van der Waals surface area contributed by atoms with Gasteiger partial charge in [-0.15, -0.1) is 0 Å². The van der Waals surface area contributed by atoms with Crippen molar-refractivity contribution in [3.05, 3.63) is 54.2 Å². The minimum absolute atomic E-state index is 0.0189. The Labute approximate surface area is 175 Å². The zero-order valence-corrected chi connectivity index (χ0v) is 17.4. The van der Waals surface area contributed by atoms with Gasteiger partial charge in [0.05, 0.1) is 32.7 Å². The molecule has 0 bridgehead atoms. The lowest BCUT2D eigenvalue weighted by Crippen LogP contribution is -2.29. The molecule has 30 heavy (non-hydrogen) atoms. The van der Waals surface area contributed by atoms with Crippen molar-refractivity contribution in [3.63, 3.8) is 0 Å². The van der Waals surface area contributed by atoms with E-state index >= 15 is 0 Å². The third-order valence-corrected chi connectivity index (χ3v) is 5.32. The van der Waals surface area contributed by atoms with Gasteiger partial charge in [0, 0.05) is 24.7 Å². The first-order valence-electron chi connectivity index (χ1n) is 9.90. The molecule has 156 valence electrons. The van der Waals surface area contributed by atoms with E-state index in [1.807, 2.05) is 53.4 Å². The monoisotopic (exact) mass is 407 g/mol. The lowest BCUT2D eigenvalue weighted by Gasteiger charge is -2.16. The van der Waals surface area contributed by atoms with E-state index in [-0.39, 0.29) is 5.91 Å². The lowest BCUT2D eigenvalue weighted by molar-refractivity contribution is 0.0784. The molecule has 7 nitrogen and oxygen atoms in total. The van der Waals surface area contributed by atoms with Crippen LogP contribution in [0, 0.1) is 0 Å². The average molecular weight is 407 g/mol. The normalized spacial score (nSPS) is 13.4. The van der Waals surface area contributed by atoms with Crippen LogP contribution in [0.1, 0.15) is 23.3 Å². The number of carbonyl (C=O) groups is 1. The van der Waals surface area contributed by atoms with Crippen LogP contribution in [0.15, 0.2) is 48.5 Å². The highest BCUT2D eigenvalue weighted by molar-refractivity contribution is 5.94. The molecule has 0 spiro atoms. The standard InChI is InChI=1S/C23H25N3O4/c1-28-17-8-6-16(7-9-17)26-21(23(27)25-12-4-5-13-25)15-20(24-26)19-11-10-18(29-2)14-22(19)30-3/h6-11,14-15H,4-5,12-13H2,1-3H3. The van der Waals surface area contributed by atoms with Gasteiger partial charge in [-0.3, -0.25) is 4.79 Å². The number of aromatic nitrogens is 2. The topological polar surface area (TPSA) is 65.8 Å². The number of benzene rings is 2. The van der Waals surface area contributed by atoms with Gasteiger partial charge in [-0.05, 0) is 55.3 Å². The minimum atomic E-state index is -0.0189. The number of amides is 1. The summed E-state index contributed by atoms with van der Waals surface area (Å²) in [7, 11) is 4.84. The molecule has 1 aliphatic heterocycles. The first-order chi connectivity index (χ1) is 14.6. The number of hydrogen-bond donors (Lipinski definition) is 0. The second-order valence-electron chi connectivity index (χ2n) is 7.09. The van der Waals surface area contributed by atoms with Crippen molar-refractivity contribution >= 4 is 5.91 Å². The van der Waals surface area contributed by atoms with Crippen molar-refractivity contribution in [2.24, 2.45) is 0 Å². The molecule has 0 radical (unpaired) electrons. The number of hydrogen-bond acceptors (Lipinski definition) is 5. The van der Waals surface area contributed by atoms with Crippen LogP contribution in [0.3, 0.4) is 0 Å². The molecule has 3 aromatic rings. The zero-order chi connectivity index (χ0) is 21.1. The van der Waals surface area contributed by atoms with Gasteiger partial charge in [0.1, 0.15) is 22.9 Å². The number of carbonyl (C=O) groups excluding carboxylic acids is 1. The number of ether oxygens (including phenoxy) is 3. The highest BCUT2D eigenvalue weighted by atomic mass is 16.5. The van der Waals surface area contributed by atoms with Gasteiger partial charge in [0.15, 0.2) is 0 Å². The van der Waals surface area contributed by atoms with E-state index in [0.29, 0.717) is 22.9 Å². The van der Waals surface area contributed by atoms with E-state index in [1.54, 1.807) is 26.0 Å². The van der Waals surface area contributed by atoms with E-state index in [4.69, 9.17) is 19.3 Å². The maximum absolute atomic E-state index is 13.3. The molecule has 0 atom stereocenters. The van der Waals surface area contributed by atoms with Gasteiger partial charge in [-0.1, -0.05) is 0 Å². The molecular weight excluding hydrogens is 382 g/mol. The Kier molecular flexibility index (Phi) is 5.61. The largest absolute Gasteiger partial charge is 0.497 e. The predicted octanol–water partition coefficient (Wildman–Crippen LogP) is 3.80. The van der Waals surface area contributed by atoms with Crippen LogP contribution in [0.25, 0.3) is 16.9 Å². The SMILES string of the molecule is COc1ccc(-n2nc(-c3ccc(OC)cc3OC)cc2C(=O)N2CCCC2)cc1. The number of likely N-dealkylation sites (tertiary alicyclic amines) is 1. The lowest BCUT2D eigenvalue weighted by atomic mass is 10.1. The molecule has 0 aliphatic carbocycles. The van der Waals surface area contributed by atoms with Crippen molar-refractivity contribution in [2.75, 3.05) is 34.4 Å². The molecule has 0 saturated carbocycles. The van der Waals surface area contributed by atoms with Crippen LogP contribution in [0.4, 0.5) is 0 Å². The van der Waals surface area contributed by atoms with Gasteiger partial charge in [-0.25, -0.2) is 4.68 Å². The van der Waals surface area contributed by atoms with Crippen LogP contribution in [0.5, 0.6) is 17.2 Å². The first-order valence-corrected chi connectivity index (χ1v) is 9.90. The van der Waals surface area contributed by atoms with Gasteiger partial charge in [0.25, 0.3) is 5.91 Å². The summed E-state index contributed by atoms with van der Waals surface area (Å²) in [6.45, 7) is 1.54. The minimum Gasteiger partial charge on any atom is -0.497 e. The van der Waals surface area contributed by atoms with E-state index in [1.165, 1.54) is 0 Å². The number of rotatable bonds is 6. The second-order valence-corrected chi connectivity index (χ2v) is 7.09. The Morgan fingerprint density at radius 1 is 0.867 bits per heavy atom. The molecule has 1 aliphatic rings. The molecule has 1 fully saturated rings. The number of methoxy groups -OCH3 is 3. The fourth-order valence-electron chi connectivity index (χ4n) is 3.68. The highest BCUT2D eigenvalue weighted by Gasteiger charge is 2.25. The molecule has 7 heteroatoms. The van der Waals surface area contributed by atoms with Gasteiger partial charge in [0.2, 0.25) is 0 Å². The first kappa shape index (κ1) is 19.8. The van der Waals surface area contributed by atoms with Crippen molar-refractivity contribution < 1.29 is 19.0 Å². The summed E-state index contributed by atoms with van der Waals surface area (Å²) >= 11 is 0. The summed E-state index contributed by atoms with van der Waals surface area (Å²) < 4.78 is 17.8. The average Bonchev–Trinajstić information content (AvgIpc) is 3.49. The quantitative estimate of drug-likeness (QED) is 0.622. The van der Waals surface area contributed by atoms with Crippen molar-refractivity contribution in [3.8, 4) is 34.2 Å². The highest BCUT2D eigenvalue weighted by Crippen LogP contribution is 2.34. The molecule has 1 amide bonds. The summed E-state index contributed by atoms with van der Waals surface area (Å²) in [5.74, 6) is 2.05. The van der Waals surface area contributed by atoms with Gasteiger partial charge >= 0.3 is 0 Å². The third-order valence-electron chi connectivity index (χ3n) is 5.32. The summed E-state index contributed by atoms with van der Waals surface area (Å²) in [4.78, 5) is 15.1. The Morgan fingerprint density at radius 2 is 1.53 bits per heavy atom. The Balaban J connectivity index is 1.82. The Bertz CT molecular complexity index is 1040. The molecule has 2 heterocycles. The Morgan fingerprint density at radius 3 is 2.17 bits per heavy atom. The molecule has 1 saturated heterocycles. The maximum Gasteiger partial charge on any atom is 0.272 e. The molecule has 4 rings (SSSR count). The van der Waals surface area contributed by atoms with E-state index in [0.717, 1.165) is 42.9 Å². The van der Waals surface area contributed by atoms with Crippen LogP contribution in [-0.2, 0) is 0 Å². The van der Waals surface area contributed by atoms with Crippen molar-refractivity contribution in [1.82, 2.24) is 14.7 Å². The van der Waals surface area contributed by atoms with Crippen LogP contribution in [-0.4, -0.2) is 55.0 Å². The molecule has 2 aromatic carbocycles. The smallest absolute Gasteiger partial charge is 0.272 e. The fourth-order valence-corrected chi connectivity index (χ4v) is 3.68. The third kappa shape index (κ3) is 3.70. The van der Waals surface area contributed by atoms with Gasteiger partial charge < -0.3 is 19.1 Å². The maximum atomic E-state index is 13.3. The molecule has 1 aromatic heterocycles. The van der Waals surface area contributed by atoms with Gasteiger partial charge in [-0.2, -0.15) is 5.10 Å². The van der Waals surface area contributed by atoms with Crippen LogP contribution < -0.4 is 14.2 Å². The zero-order valence-electron chi connectivity index (χ0n) is 17.4. The predicted molar refractivity (Wildman–Crippen MR) is 114 cm³/mol. The van der Waals surface area contributed by atoms with Crippen LogP contribution >= 0.6 is 0 Å². The van der Waals surface area contributed by atoms with Crippen molar-refractivity contribution in [1.29, 1.82) is 0 Å². The van der Waals surface area contributed by atoms with Crippen molar-refractivity contribution in [2.45, 2.75) is 12.8 Å². The Hall–Kier alpha value is -3.48. The molecule has 0 unspecified atom stereocenters. The van der Waals surface area contributed by atoms with E-state index < -0.39 is 0 Å². The summed E-state index contributed by atoms with van der Waals surface area (Å²) in [5, 5.41) is 4.77. The number of nitrogens with zero attached hydrogens (tertiary/aromatic N) is 3. The summed E-state index contributed by atoms with van der Waals surface area (Å²) in [5.41, 5.74) is 2.76. The second kappa shape index (κ2) is 8.49. The van der Waals surface area contributed by atoms with E-state index in [9.17, 15) is 4.79 Å².